The van der Waals surface area contributed by atoms with Gasteiger partial charge >= 0.3 is 0 Å². The fraction of sp³-hybridized carbons (Fsp3) is 0.600. The molecule has 0 spiro atoms. The lowest BCUT2D eigenvalue weighted by Gasteiger charge is -2.15. The molecule has 1 amide bonds. The average molecular weight is 438 g/mol. The van der Waals surface area contributed by atoms with Gasteiger partial charge in [-0.15, -0.1) is 35.3 Å². The van der Waals surface area contributed by atoms with Crippen LogP contribution in [0.15, 0.2) is 22.5 Å². The molecule has 0 bridgehead atoms. The van der Waals surface area contributed by atoms with Gasteiger partial charge in [0.2, 0.25) is 5.91 Å². The second-order valence-electron chi connectivity index (χ2n) is 5.05. The lowest BCUT2D eigenvalue weighted by molar-refractivity contribution is -0.120. The van der Waals surface area contributed by atoms with E-state index in [0.717, 1.165) is 19.4 Å². The molecule has 126 valence electrons. The highest BCUT2D eigenvalue weighted by Gasteiger charge is 2.07. The van der Waals surface area contributed by atoms with Gasteiger partial charge in [-0.3, -0.25) is 9.79 Å². The number of nitrogens with zero attached hydrogens (tertiary/aromatic N) is 1. The molecule has 3 N–H and O–H groups in total. The number of hydrogen-bond acceptors (Lipinski definition) is 3. The fourth-order valence-corrected chi connectivity index (χ4v) is 2.70. The molecular weight excluding hydrogens is 411 g/mol. The summed E-state index contributed by atoms with van der Waals surface area (Å²) in [6.45, 7) is 6.02. The average Bonchev–Trinajstić information content (AvgIpc) is 2.98. The van der Waals surface area contributed by atoms with E-state index < -0.39 is 0 Å². The molecule has 0 saturated heterocycles. The van der Waals surface area contributed by atoms with Crippen molar-refractivity contribution >= 4 is 47.2 Å². The minimum Gasteiger partial charge on any atom is -0.356 e. The van der Waals surface area contributed by atoms with E-state index in [4.69, 9.17) is 0 Å². The molecule has 0 aliphatic carbocycles. The Balaban J connectivity index is 0.00000441. The Hall–Kier alpha value is -0.830. The van der Waals surface area contributed by atoms with Crippen molar-refractivity contribution in [2.75, 3.05) is 26.7 Å². The van der Waals surface area contributed by atoms with Crippen molar-refractivity contribution < 1.29 is 4.79 Å². The number of thiophene rings is 1. The van der Waals surface area contributed by atoms with Crippen molar-refractivity contribution in [1.29, 1.82) is 0 Å². The van der Waals surface area contributed by atoms with Crippen LogP contribution in [-0.2, 0) is 11.2 Å². The maximum Gasteiger partial charge on any atom is 0.239 e. The molecule has 1 rings (SSSR count). The second kappa shape index (κ2) is 12.7. The van der Waals surface area contributed by atoms with Crippen LogP contribution in [-0.4, -0.2) is 38.5 Å². The summed E-state index contributed by atoms with van der Waals surface area (Å²) < 4.78 is 0. The first-order valence-corrected chi connectivity index (χ1v) is 8.27. The number of rotatable bonds is 8. The maximum absolute atomic E-state index is 11.5. The largest absolute Gasteiger partial charge is 0.356 e. The summed E-state index contributed by atoms with van der Waals surface area (Å²) >= 11 is 1.79. The zero-order chi connectivity index (χ0) is 15.5. The molecule has 1 aromatic heterocycles. The number of aliphatic imine (C=N–C) groups is 1. The number of guanidine groups is 1. The topological polar surface area (TPSA) is 65.5 Å². The normalized spacial score (nSPS) is 12.2. The third-order valence-corrected chi connectivity index (χ3v) is 3.86. The highest BCUT2D eigenvalue weighted by atomic mass is 127. The number of amides is 1. The molecule has 1 unspecified atom stereocenters. The second-order valence-corrected chi connectivity index (χ2v) is 6.08. The molecule has 0 fully saturated rings. The minimum absolute atomic E-state index is 0. The quantitative estimate of drug-likeness (QED) is 0.332. The summed E-state index contributed by atoms with van der Waals surface area (Å²) in [5, 5.41) is 11.2. The lowest BCUT2D eigenvalue weighted by atomic mass is 10.1. The van der Waals surface area contributed by atoms with Crippen molar-refractivity contribution in [2.45, 2.75) is 26.7 Å². The molecule has 0 saturated carbocycles. The van der Waals surface area contributed by atoms with Gasteiger partial charge in [0.25, 0.3) is 0 Å². The van der Waals surface area contributed by atoms with Gasteiger partial charge in [-0.25, -0.2) is 0 Å². The monoisotopic (exact) mass is 438 g/mol. The first-order valence-electron chi connectivity index (χ1n) is 7.39. The van der Waals surface area contributed by atoms with E-state index in [-0.39, 0.29) is 36.4 Å². The Labute approximate surface area is 154 Å². The van der Waals surface area contributed by atoms with Crippen molar-refractivity contribution in [3.05, 3.63) is 22.4 Å². The molecule has 7 heteroatoms. The first-order chi connectivity index (χ1) is 10.2. The third-order valence-electron chi connectivity index (χ3n) is 2.96. The Morgan fingerprint density at radius 3 is 2.73 bits per heavy atom. The van der Waals surface area contributed by atoms with E-state index in [2.05, 4.69) is 45.4 Å². The van der Waals surface area contributed by atoms with Gasteiger partial charge in [0, 0.05) is 25.0 Å². The predicted octanol–water partition coefficient (Wildman–Crippen LogP) is 2.24. The third kappa shape index (κ3) is 9.24. The molecule has 0 aliphatic heterocycles. The van der Waals surface area contributed by atoms with E-state index in [1.54, 1.807) is 18.4 Å². The van der Waals surface area contributed by atoms with E-state index in [1.165, 1.54) is 4.88 Å². The number of halogens is 1. The summed E-state index contributed by atoms with van der Waals surface area (Å²) in [5.74, 6) is 1.17. The summed E-state index contributed by atoms with van der Waals surface area (Å²) in [7, 11) is 1.71. The first kappa shape index (κ1) is 21.2. The van der Waals surface area contributed by atoms with Gasteiger partial charge in [0.1, 0.15) is 0 Å². The Kier molecular flexibility index (Phi) is 12.2. The van der Waals surface area contributed by atoms with Crippen LogP contribution < -0.4 is 16.0 Å². The summed E-state index contributed by atoms with van der Waals surface area (Å²) in [4.78, 5) is 17.0. The van der Waals surface area contributed by atoms with Crippen molar-refractivity contribution in [2.24, 2.45) is 10.9 Å². The van der Waals surface area contributed by atoms with Gasteiger partial charge in [-0.2, -0.15) is 0 Å². The van der Waals surface area contributed by atoms with E-state index in [0.29, 0.717) is 18.4 Å². The number of carbonyl (C=O) groups is 1. The Morgan fingerprint density at radius 1 is 1.36 bits per heavy atom. The van der Waals surface area contributed by atoms with Gasteiger partial charge in [-0.05, 0) is 30.2 Å². The maximum atomic E-state index is 11.5. The molecule has 0 aliphatic rings. The van der Waals surface area contributed by atoms with Crippen LogP contribution in [0.2, 0.25) is 0 Å². The van der Waals surface area contributed by atoms with Crippen LogP contribution in [0.1, 0.15) is 25.1 Å². The van der Waals surface area contributed by atoms with Gasteiger partial charge in [0.05, 0.1) is 6.54 Å². The number of nitrogens with one attached hydrogen (secondary N) is 3. The SMILES string of the molecule is CCCNC(=O)CNC(=NC)NCC(C)Cc1cccs1.I. The molecule has 0 radical (unpaired) electrons. The summed E-state index contributed by atoms with van der Waals surface area (Å²) in [5.41, 5.74) is 0. The number of carbonyl (C=O) groups excluding carboxylic acids is 1. The molecule has 1 heterocycles. The smallest absolute Gasteiger partial charge is 0.239 e. The van der Waals surface area contributed by atoms with E-state index >= 15 is 0 Å². The highest BCUT2D eigenvalue weighted by molar-refractivity contribution is 14.0. The van der Waals surface area contributed by atoms with Gasteiger partial charge in [-0.1, -0.05) is 19.9 Å². The minimum atomic E-state index is -0.00793. The molecule has 22 heavy (non-hydrogen) atoms. The van der Waals surface area contributed by atoms with E-state index in [1.807, 2.05) is 6.92 Å². The van der Waals surface area contributed by atoms with Crippen LogP contribution in [0.25, 0.3) is 0 Å². The summed E-state index contributed by atoms with van der Waals surface area (Å²) in [6.07, 6.45) is 2.00. The van der Waals surface area contributed by atoms with Crippen LogP contribution in [0, 0.1) is 5.92 Å². The van der Waals surface area contributed by atoms with Crippen LogP contribution in [0.4, 0.5) is 0 Å². The predicted molar refractivity (Wildman–Crippen MR) is 105 cm³/mol. The Bertz CT molecular complexity index is 437. The molecule has 0 aromatic carbocycles. The van der Waals surface area contributed by atoms with Crippen molar-refractivity contribution in [3.63, 3.8) is 0 Å². The molecule has 1 aromatic rings. The zero-order valence-electron chi connectivity index (χ0n) is 13.5. The van der Waals surface area contributed by atoms with Crippen molar-refractivity contribution in [3.8, 4) is 0 Å². The van der Waals surface area contributed by atoms with Crippen LogP contribution in [0.3, 0.4) is 0 Å². The Morgan fingerprint density at radius 2 is 2.14 bits per heavy atom. The molecule has 5 nitrogen and oxygen atoms in total. The van der Waals surface area contributed by atoms with Gasteiger partial charge in [0.15, 0.2) is 5.96 Å². The lowest BCUT2D eigenvalue weighted by Crippen LogP contribution is -2.44. The van der Waals surface area contributed by atoms with Crippen molar-refractivity contribution in [1.82, 2.24) is 16.0 Å². The zero-order valence-corrected chi connectivity index (χ0v) is 16.7. The fourth-order valence-electron chi connectivity index (χ4n) is 1.83. The van der Waals surface area contributed by atoms with Crippen LogP contribution in [0.5, 0.6) is 0 Å². The standard InChI is InChI=1S/C15H26N4OS.HI/c1-4-7-17-14(20)11-19-15(16-3)18-10-12(2)9-13-6-5-8-21-13;/h5-6,8,12H,4,7,9-11H2,1-3H3,(H,17,20)(H2,16,18,19);1H. The molecular formula is C15H27IN4OS. The number of hydrogen-bond donors (Lipinski definition) is 3. The molecule has 1 atom stereocenters. The van der Waals surface area contributed by atoms with Gasteiger partial charge < -0.3 is 16.0 Å². The highest BCUT2D eigenvalue weighted by Crippen LogP contribution is 2.13. The van der Waals surface area contributed by atoms with E-state index in [9.17, 15) is 4.79 Å². The summed E-state index contributed by atoms with van der Waals surface area (Å²) in [6, 6.07) is 4.24. The van der Waals surface area contributed by atoms with Crippen LogP contribution >= 0.6 is 35.3 Å².